The predicted octanol–water partition coefficient (Wildman–Crippen LogP) is 0.121. The van der Waals surface area contributed by atoms with Gasteiger partial charge in [0.15, 0.2) is 14.4 Å². The van der Waals surface area contributed by atoms with Crippen molar-refractivity contribution >= 4 is 14.3 Å². The van der Waals surface area contributed by atoms with Crippen LogP contribution in [0.1, 0.15) is 6.92 Å². The molecule has 0 bridgehead atoms. The van der Waals surface area contributed by atoms with Gasteiger partial charge in [-0.2, -0.15) is 0 Å². The number of hydrogen-bond acceptors (Lipinski definition) is 5. The molecule has 1 saturated heterocycles. The highest BCUT2D eigenvalue weighted by Crippen LogP contribution is 2.26. The predicted molar refractivity (Wildman–Crippen MR) is 60.4 cm³/mol. The maximum absolute atomic E-state index is 11.6. The summed E-state index contributed by atoms with van der Waals surface area (Å²) < 4.78 is 10.6. The molecule has 0 aliphatic carbocycles. The van der Waals surface area contributed by atoms with Gasteiger partial charge in [0.05, 0.1) is 12.7 Å². The zero-order valence-electron chi connectivity index (χ0n) is 10.1. The Hall–Kier alpha value is -0.433. The van der Waals surface area contributed by atoms with Crippen LogP contribution in [0.4, 0.5) is 0 Å². The Bertz CT molecular complexity index is 262. The van der Waals surface area contributed by atoms with Crippen LogP contribution in [0.3, 0.4) is 0 Å². The van der Waals surface area contributed by atoms with Crippen LogP contribution in [-0.4, -0.2) is 49.4 Å². The lowest BCUT2D eigenvalue weighted by Crippen LogP contribution is -2.55. The topological polar surface area (TPSA) is 76.0 Å². The molecule has 1 rings (SSSR count). The van der Waals surface area contributed by atoms with Crippen molar-refractivity contribution in [3.63, 3.8) is 0 Å². The molecular weight excluding hydrogens is 228 g/mol. The van der Waals surface area contributed by atoms with E-state index in [2.05, 4.69) is 0 Å². The number of cyclic esters (lactones) is 1. The molecule has 1 aliphatic heterocycles. The maximum Gasteiger partial charge on any atom is 0.337 e. The van der Waals surface area contributed by atoms with Crippen molar-refractivity contribution in [3.05, 3.63) is 0 Å². The zero-order chi connectivity index (χ0) is 12.5. The summed E-state index contributed by atoms with van der Waals surface area (Å²) in [4.78, 5) is 11.6. The van der Waals surface area contributed by atoms with Crippen molar-refractivity contribution in [2.24, 2.45) is 5.92 Å². The van der Waals surface area contributed by atoms with E-state index in [-0.39, 0.29) is 12.5 Å². The van der Waals surface area contributed by atoms with Gasteiger partial charge in [-0.3, -0.25) is 0 Å². The van der Waals surface area contributed by atoms with Crippen LogP contribution in [0.25, 0.3) is 0 Å². The standard InChI is InChI=1S/C10H20O5Si/c1-6-7(5-11)14-10(13)9(8(6)12)15-16(2,3)4/h6-9,11-12H,5H2,1-4H3. The molecule has 16 heavy (non-hydrogen) atoms. The van der Waals surface area contributed by atoms with Crippen LogP contribution in [0, 0.1) is 5.92 Å². The van der Waals surface area contributed by atoms with Gasteiger partial charge < -0.3 is 19.4 Å². The second-order valence-electron chi connectivity index (χ2n) is 5.16. The number of carbonyl (C=O) groups is 1. The Morgan fingerprint density at radius 2 is 2.00 bits per heavy atom. The van der Waals surface area contributed by atoms with Crippen LogP contribution >= 0.6 is 0 Å². The van der Waals surface area contributed by atoms with Gasteiger partial charge in [-0.05, 0) is 19.6 Å². The Balaban J connectivity index is 2.76. The second-order valence-corrected chi connectivity index (χ2v) is 9.62. The van der Waals surface area contributed by atoms with Crippen LogP contribution in [0.2, 0.25) is 19.6 Å². The first kappa shape index (κ1) is 13.6. The first-order valence-corrected chi connectivity index (χ1v) is 8.84. The van der Waals surface area contributed by atoms with Crippen LogP contribution in [0.15, 0.2) is 0 Å². The van der Waals surface area contributed by atoms with Gasteiger partial charge in [-0.25, -0.2) is 4.79 Å². The summed E-state index contributed by atoms with van der Waals surface area (Å²) in [7, 11) is -1.91. The van der Waals surface area contributed by atoms with Crippen molar-refractivity contribution in [1.82, 2.24) is 0 Å². The highest BCUT2D eigenvalue weighted by atomic mass is 28.4. The molecule has 1 aliphatic rings. The summed E-state index contributed by atoms with van der Waals surface area (Å²) in [5.41, 5.74) is 0. The third kappa shape index (κ3) is 3.04. The molecule has 94 valence electrons. The van der Waals surface area contributed by atoms with E-state index >= 15 is 0 Å². The molecule has 0 aromatic heterocycles. The van der Waals surface area contributed by atoms with Crippen molar-refractivity contribution in [1.29, 1.82) is 0 Å². The van der Waals surface area contributed by atoms with E-state index in [1.807, 2.05) is 19.6 Å². The molecule has 0 amide bonds. The third-order valence-electron chi connectivity index (χ3n) is 2.60. The fourth-order valence-corrected chi connectivity index (χ4v) is 2.66. The molecule has 1 heterocycles. The SMILES string of the molecule is CC1C(CO)OC(=O)C(O[Si](C)(C)C)C1O. The minimum Gasteiger partial charge on any atom is -0.458 e. The summed E-state index contributed by atoms with van der Waals surface area (Å²) in [5.74, 6) is -0.892. The molecule has 0 spiro atoms. The smallest absolute Gasteiger partial charge is 0.337 e. The van der Waals surface area contributed by atoms with E-state index in [1.165, 1.54) is 0 Å². The van der Waals surface area contributed by atoms with E-state index < -0.39 is 32.6 Å². The third-order valence-corrected chi connectivity index (χ3v) is 3.56. The molecule has 4 unspecified atom stereocenters. The first-order valence-electron chi connectivity index (χ1n) is 5.43. The van der Waals surface area contributed by atoms with Gasteiger partial charge in [-0.1, -0.05) is 6.92 Å². The molecule has 0 saturated carbocycles. The van der Waals surface area contributed by atoms with Crippen molar-refractivity contribution in [2.75, 3.05) is 6.61 Å². The highest BCUT2D eigenvalue weighted by molar-refractivity contribution is 6.69. The van der Waals surface area contributed by atoms with Gasteiger partial charge in [-0.15, -0.1) is 0 Å². The normalized spacial score (nSPS) is 36.0. The maximum atomic E-state index is 11.6. The Morgan fingerprint density at radius 1 is 1.44 bits per heavy atom. The molecule has 0 aromatic carbocycles. The molecule has 2 N–H and O–H groups in total. The largest absolute Gasteiger partial charge is 0.458 e. The van der Waals surface area contributed by atoms with E-state index in [4.69, 9.17) is 14.3 Å². The molecule has 0 aromatic rings. The molecule has 6 heteroatoms. The van der Waals surface area contributed by atoms with Crippen molar-refractivity contribution < 1.29 is 24.2 Å². The van der Waals surface area contributed by atoms with E-state index in [9.17, 15) is 9.90 Å². The number of rotatable bonds is 3. The number of aliphatic hydroxyl groups excluding tert-OH is 2. The number of esters is 1. The average Bonchev–Trinajstić information content (AvgIpc) is 2.17. The molecule has 5 nitrogen and oxygen atoms in total. The van der Waals surface area contributed by atoms with Crippen LogP contribution < -0.4 is 0 Å². The van der Waals surface area contributed by atoms with Crippen LogP contribution in [-0.2, 0) is 14.0 Å². The summed E-state index contributed by atoms with van der Waals surface area (Å²) in [6.45, 7) is 7.28. The van der Waals surface area contributed by atoms with E-state index in [0.717, 1.165) is 0 Å². The Labute approximate surface area is 96.5 Å². The van der Waals surface area contributed by atoms with Gasteiger partial charge in [0.25, 0.3) is 0 Å². The lowest BCUT2D eigenvalue weighted by Gasteiger charge is -2.38. The number of ether oxygens (including phenoxy) is 1. The fraction of sp³-hybridized carbons (Fsp3) is 0.900. The summed E-state index contributed by atoms with van der Waals surface area (Å²) >= 11 is 0. The highest BCUT2D eigenvalue weighted by Gasteiger charge is 2.45. The molecule has 4 atom stereocenters. The lowest BCUT2D eigenvalue weighted by atomic mass is 9.92. The number of carbonyl (C=O) groups excluding carboxylic acids is 1. The van der Waals surface area contributed by atoms with Gasteiger partial charge in [0, 0.05) is 5.92 Å². The average molecular weight is 248 g/mol. The molecule has 0 radical (unpaired) electrons. The van der Waals surface area contributed by atoms with Crippen molar-refractivity contribution in [3.8, 4) is 0 Å². The Morgan fingerprint density at radius 3 is 2.44 bits per heavy atom. The number of hydrogen-bond donors (Lipinski definition) is 2. The minimum absolute atomic E-state index is 0.274. The minimum atomic E-state index is -1.91. The van der Waals surface area contributed by atoms with Gasteiger partial charge in [0.2, 0.25) is 0 Å². The molecule has 1 fully saturated rings. The monoisotopic (exact) mass is 248 g/mol. The molecular formula is C10H20O5Si. The first-order chi connectivity index (χ1) is 7.26. The lowest BCUT2D eigenvalue weighted by molar-refractivity contribution is -0.190. The van der Waals surface area contributed by atoms with Gasteiger partial charge in [0.1, 0.15) is 6.10 Å². The summed E-state index contributed by atoms with van der Waals surface area (Å²) in [6, 6.07) is 0. The van der Waals surface area contributed by atoms with E-state index in [0.29, 0.717) is 0 Å². The quantitative estimate of drug-likeness (QED) is 0.548. The number of aliphatic hydroxyl groups is 2. The summed E-state index contributed by atoms with van der Waals surface area (Å²) in [5, 5.41) is 19.0. The summed E-state index contributed by atoms with van der Waals surface area (Å²) in [6.07, 6.45) is -2.46. The van der Waals surface area contributed by atoms with E-state index in [1.54, 1.807) is 6.92 Å². The van der Waals surface area contributed by atoms with Gasteiger partial charge >= 0.3 is 5.97 Å². The zero-order valence-corrected chi connectivity index (χ0v) is 11.1. The Kier molecular flexibility index (Phi) is 4.11. The fourth-order valence-electron chi connectivity index (χ4n) is 1.66. The second kappa shape index (κ2) is 4.83. The van der Waals surface area contributed by atoms with Crippen molar-refractivity contribution in [2.45, 2.75) is 44.9 Å². The van der Waals surface area contributed by atoms with Crippen LogP contribution in [0.5, 0.6) is 0 Å².